The highest BCUT2D eigenvalue weighted by Crippen LogP contribution is 2.41. The van der Waals surface area contributed by atoms with E-state index in [1.165, 1.54) is 0 Å². The van der Waals surface area contributed by atoms with Gasteiger partial charge >= 0.3 is 0 Å². The summed E-state index contributed by atoms with van der Waals surface area (Å²) in [6.07, 6.45) is 2.65. The average Bonchev–Trinajstić information content (AvgIpc) is 3.09. The molecule has 0 N–H and O–H groups in total. The van der Waals surface area contributed by atoms with Crippen LogP contribution in [0.2, 0.25) is 0 Å². The zero-order chi connectivity index (χ0) is 22.7. The van der Waals surface area contributed by atoms with Crippen LogP contribution in [0.25, 0.3) is 11.0 Å². The van der Waals surface area contributed by atoms with Gasteiger partial charge in [0.15, 0.2) is 16.9 Å². The molecule has 0 fully saturated rings. The average molecular weight is 436 g/mol. The van der Waals surface area contributed by atoms with Crippen molar-refractivity contribution in [3.8, 4) is 11.5 Å². The Labute approximate surface area is 187 Å². The molecule has 0 spiro atoms. The van der Waals surface area contributed by atoms with Crippen LogP contribution in [-0.4, -0.2) is 30.6 Å². The fourth-order valence-electron chi connectivity index (χ4n) is 4.17. The third-order valence-electron chi connectivity index (χ3n) is 5.67. The lowest BCUT2D eigenvalue weighted by Gasteiger charge is -2.25. The molecule has 0 saturated heterocycles. The fourth-order valence-corrected chi connectivity index (χ4v) is 4.17. The molecule has 32 heavy (non-hydrogen) atoms. The topological polar surface area (TPSA) is 69.0 Å². The summed E-state index contributed by atoms with van der Waals surface area (Å²) in [4.78, 5) is 28.6. The maximum absolute atomic E-state index is 13.5. The molecule has 0 aliphatic carbocycles. The van der Waals surface area contributed by atoms with Gasteiger partial charge in [0, 0.05) is 6.54 Å². The van der Waals surface area contributed by atoms with E-state index in [-0.39, 0.29) is 17.1 Å². The van der Waals surface area contributed by atoms with E-state index in [0.717, 1.165) is 24.8 Å². The summed E-state index contributed by atoms with van der Waals surface area (Å²) < 4.78 is 17.6. The Balaban J connectivity index is 1.88. The number of nitrogens with zero attached hydrogens (tertiary/aromatic N) is 1. The fraction of sp³-hybridized carbons (Fsp3) is 0.385. The van der Waals surface area contributed by atoms with Crippen molar-refractivity contribution in [1.29, 1.82) is 0 Å². The van der Waals surface area contributed by atoms with Gasteiger partial charge in [0.2, 0.25) is 5.76 Å². The second-order valence-corrected chi connectivity index (χ2v) is 7.91. The van der Waals surface area contributed by atoms with E-state index < -0.39 is 6.04 Å². The van der Waals surface area contributed by atoms with Crippen LogP contribution >= 0.6 is 0 Å². The molecule has 6 nitrogen and oxygen atoms in total. The highest BCUT2D eigenvalue weighted by atomic mass is 16.5. The third-order valence-corrected chi connectivity index (χ3v) is 5.67. The Morgan fingerprint density at radius 1 is 0.969 bits per heavy atom. The Bertz CT molecular complexity index is 1180. The minimum Gasteiger partial charge on any atom is -0.490 e. The lowest BCUT2D eigenvalue weighted by molar-refractivity contribution is 0.0725. The van der Waals surface area contributed by atoms with E-state index >= 15 is 0 Å². The van der Waals surface area contributed by atoms with E-state index in [2.05, 4.69) is 6.92 Å². The molecule has 4 rings (SSSR count). The van der Waals surface area contributed by atoms with Gasteiger partial charge in [-0.15, -0.1) is 0 Å². The van der Waals surface area contributed by atoms with Crippen LogP contribution in [-0.2, 0) is 0 Å². The molecular weight excluding hydrogens is 406 g/mol. The largest absolute Gasteiger partial charge is 0.490 e. The SMILES string of the molecule is CCCCN1C(=O)c2oc3ccccc3c(=O)c2C1c1ccc(OCCC)c(OCC)c1. The Hall–Kier alpha value is -3.28. The normalized spacial score (nSPS) is 15.3. The van der Waals surface area contributed by atoms with Crippen molar-refractivity contribution >= 4 is 16.9 Å². The molecule has 1 aliphatic heterocycles. The van der Waals surface area contributed by atoms with Crippen LogP contribution in [0.1, 0.15) is 67.8 Å². The minimum absolute atomic E-state index is 0.138. The lowest BCUT2D eigenvalue weighted by Crippen LogP contribution is -2.30. The highest BCUT2D eigenvalue weighted by Gasteiger charge is 2.42. The molecule has 0 saturated carbocycles. The summed E-state index contributed by atoms with van der Waals surface area (Å²) in [6.45, 7) is 7.65. The van der Waals surface area contributed by atoms with Gasteiger partial charge in [0.25, 0.3) is 5.91 Å². The van der Waals surface area contributed by atoms with Gasteiger partial charge in [-0.2, -0.15) is 0 Å². The Morgan fingerprint density at radius 2 is 1.78 bits per heavy atom. The molecule has 0 radical (unpaired) electrons. The maximum atomic E-state index is 13.5. The van der Waals surface area contributed by atoms with Crippen LogP contribution < -0.4 is 14.9 Å². The monoisotopic (exact) mass is 435 g/mol. The zero-order valence-electron chi connectivity index (χ0n) is 18.8. The number of hydrogen-bond donors (Lipinski definition) is 0. The molecule has 6 heteroatoms. The summed E-state index contributed by atoms with van der Waals surface area (Å²) in [5, 5.41) is 0.481. The van der Waals surface area contributed by atoms with Crippen LogP contribution in [0.15, 0.2) is 51.7 Å². The molecule has 168 valence electrons. The van der Waals surface area contributed by atoms with Gasteiger partial charge < -0.3 is 18.8 Å². The van der Waals surface area contributed by atoms with E-state index in [0.29, 0.717) is 47.8 Å². The van der Waals surface area contributed by atoms with Crippen LogP contribution in [0.4, 0.5) is 0 Å². The standard InChI is InChI=1S/C26H29NO5/c1-4-7-14-27-23(17-12-13-20(31-15-5-2)21(16-17)30-6-3)22-24(28)18-10-8-9-11-19(18)32-25(22)26(27)29/h8-13,16,23H,4-7,14-15H2,1-3H3. The summed E-state index contributed by atoms with van der Waals surface area (Å²) in [5.74, 6) is 1.16. The van der Waals surface area contributed by atoms with Crippen LogP contribution in [0, 0.1) is 0 Å². The number of carbonyl (C=O) groups is 1. The van der Waals surface area contributed by atoms with Crippen molar-refractivity contribution < 1.29 is 18.7 Å². The molecule has 2 aromatic carbocycles. The minimum atomic E-state index is -0.524. The Kier molecular flexibility index (Phi) is 6.49. The van der Waals surface area contributed by atoms with Gasteiger partial charge in [0.05, 0.1) is 30.2 Å². The first kappa shape index (κ1) is 21.9. The van der Waals surface area contributed by atoms with Crippen molar-refractivity contribution in [3.05, 3.63) is 69.6 Å². The van der Waals surface area contributed by atoms with E-state index in [4.69, 9.17) is 13.9 Å². The number of carbonyl (C=O) groups excluding carboxylic acids is 1. The lowest BCUT2D eigenvalue weighted by atomic mass is 9.98. The highest BCUT2D eigenvalue weighted by molar-refractivity contribution is 5.99. The number of benzene rings is 2. The number of ether oxygens (including phenoxy) is 2. The van der Waals surface area contributed by atoms with E-state index in [9.17, 15) is 9.59 Å². The number of unbranched alkanes of at least 4 members (excludes halogenated alkanes) is 1. The molecule has 0 bridgehead atoms. The first-order chi connectivity index (χ1) is 15.6. The van der Waals surface area contributed by atoms with Crippen molar-refractivity contribution in [3.63, 3.8) is 0 Å². The predicted octanol–water partition coefficient (Wildman–Crippen LogP) is 5.33. The van der Waals surface area contributed by atoms with Gasteiger partial charge in [-0.25, -0.2) is 0 Å². The first-order valence-corrected chi connectivity index (χ1v) is 11.4. The summed E-state index contributed by atoms with van der Waals surface area (Å²) >= 11 is 0. The molecular formula is C26H29NO5. The van der Waals surface area contributed by atoms with Gasteiger partial charge in [-0.3, -0.25) is 9.59 Å². The third kappa shape index (κ3) is 3.85. The first-order valence-electron chi connectivity index (χ1n) is 11.4. The van der Waals surface area contributed by atoms with Gasteiger partial charge in [0.1, 0.15) is 5.58 Å². The van der Waals surface area contributed by atoms with Crippen molar-refractivity contribution in [2.75, 3.05) is 19.8 Å². The molecule has 1 amide bonds. The molecule has 3 aromatic rings. The van der Waals surface area contributed by atoms with Crippen molar-refractivity contribution in [2.24, 2.45) is 0 Å². The van der Waals surface area contributed by atoms with Crippen molar-refractivity contribution in [2.45, 2.75) is 46.1 Å². The molecule has 1 aromatic heterocycles. The number of fused-ring (bicyclic) bond motifs is 2. The second-order valence-electron chi connectivity index (χ2n) is 7.91. The van der Waals surface area contributed by atoms with Crippen molar-refractivity contribution in [1.82, 2.24) is 4.90 Å². The predicted molar refractivity (Wildman–Crippen MR) is 124 cm³/mol. The smallest absolute Gasteiger partial charge is 0.290 e. The van der Waals surface area contributed by atoms with E-state index in [1.54, 1.807) is 29.2 Å². The van der Waals surface area contributed by atoms with Gasteiger partial charge in [-0.05, 0) is 49.6 Å². The van der Waals surface area contributed by atoms with Crippen LogP contribution in [0.3, 0.4) is 0 Å². The number of para-hydroxylation sites is 1. The maximum Gasteiger partial charge on any atom is 0.290 e. The number of hydrogen-bond acceptors (Lipinski definition) is 5. The summed E-state index contributed by atoms with van der Waals surface area (Å²) in [5.41, 5.74) is 1.47. The molecule has 1 unspecified atom stereocenters. The van der Waals surface area contributed by atoms with E-state index in [1.807, 2.05) is 32.0 Å². The van der Waals surface area contributed by atoms with Gasteiger partial charge in [-0.1, -0.05) is 38.5 Å². The summed E-state index contributed by atoms with van der Waals surface area (Å²) in [7, 11) is 0. The quantitative estimate of drug-likeness (QED) is 0.455. The zero-order valence-corrected chi connectivity index (χ0v) is 18.8. The Morgan fingerprint density at radius 3 is 2.53 bits per heavy atom. The van der Waals surface area contributed by atoms with Crippen LogP contribution in [0.5, 0.6) is 11.5 Å². The number of amides is 1. The second kappa shape index (κ2) is 9.47. The number of rotatable bonds is 9. The molecule has 1 aliphatic rings. The molecule has 1 atom stereocenters. The molecule has 2 heterocycles. The summed E-state index contributed by atoms with van der Waals surface area (Å²) in [6, 6.07) is 12.2.